The summed E-state index contributed by atoms with van der Waals surface area (Å²) in [5, 5.41) is 10.6. The number of aromatic nitrogens is 2. The van der Waals surface area contributed by atoms with Crippen LogP contribution in [0, 0.1) is 0 Å². The van der Waals surface area contributed by atoms with Gasteiger partial charge in [-0.05, 0) is 31.9 Å². The second kappa shape index (κ2) is 8.44. The first-order valence-electron chi connectivity index (χ1n) is 8.21. The van der Waals surface area contributed by atoms with Crippen molar-refractivity contribution in [3.8, 4) is 0 Å². The van der Waals surface area contributed by atoms with E-state index in [0.717, 1.165) is 17.2 Å². The van der Waals surface area contributed by atoms with Crippen molar-refractivity contribution in [2.75, 3.05) is 13.1 Å². The molecule has 132 valence electrons. The van der Waals surface area contributed by atoms with E-state index in [0.29, 0.717) is 18.7 Å². The van der Waals surface area contributed by atoms with Gasteiger partial charge in [0, 0.05) is 24.7 Å². The number of nitrogens with zero attached hydrogens (tertiary/aromatic N) is 3. The zero-order valence-corrected chi connectivity index (χ0v) is 15.6. The van der Waals surface area contributed by atoms with Crippen LogP contribution in [-0.2, 0) is 4.79 Å². The van der Waals surface area contributed by atoms with Crippen LogP contribution in [0.5, 0.6) is 0 Å². The highest BCUT2D eigenvalue weighted by molar-refractivity contribution is 8.02. The van der Waals surface area contributed by atoms with Gasteiger partial charge in [0.05, 0.1) is 5.25 Å². The van der Waals surface area contributed by atoms with Gasteiger partial charge in [-0.25, -0.2) is 0 Å². The van der Waals surface area contributed by atoms with Crippen molar-refractivity contribution in [3.05, 3.63) is 41.4 Å². The highest BCUT2D eigenvalue weighted by atomic mass is 32.2. The molecule has 0 saturated carbocycles. The first-order chi connectivity index (χ1) is 12.1. The first kappa shape index (κ1) is 17.9. The molecule has 1 atom stereocenters. The molecule has 0 radical (unpaired) electrons. The molecule has 0 unspecified atom stereocenters. The Hall–Kier alpha value is -1.93. The summed E-state index contributed by atoms with van der Waals surface area (Å²) < 4.78 is 0.811. The Bertz CT molecular complexity index is 701. The second-order valence-corrected chi connectivity index (χ2v) is 8.32. The summed E-state index contributed by atoms with van der Waals surface area (Å²) in [7, 11) is 0. The van der Waals surface area contributed by atoms with Crippen molar-refractivity contribution in [2.45, 2.75) is 35.4 Å². The summed E-state index contributed by atoms with van der Waals surface area (Å²) in [4.78, 5) is 26.6. The Labute approximate surface area is 155 Å². The van der Waals surface area contributed by atoms with Gasteiger partial charge in [-0.15, -0.1) is 10.2 Å². The summed E-state index contributed by atoms with van der Waals surface area (Å²) >= 11 is 2.89. The van der Waals surface area contributed by atoms with E-state index in [9.17, 15) is 9.59 Å². The topological polar surface area (TPSA) is 75.2 Å². The van der Waals surface area contributed by atoms with Gasteiger partial charge in [-0.3, -0.25) is 9.59 Å². The molecular formula is C17H20N4O2S2. The third-order valence-electron chi connectivity index (χ3n) is 4.14. The third kappa shape index (κ3) is 4.79. The molecule has 6 nitrogen and oxygen atoms in total. The zero-order valence-electron chi connectivity index (χ0n) is 13.9. The van der Waals surface area contributed by atoms with Gasteiger partial charge >= 0.3 is 0 Å². The van der Waals surface area contributed by atoms with E-state index in [1.165, 1.54) is 23.1 Å². The van der Waals surface area contributed by atoms with Gasteiger partial charge in [-0.1, -0.05) is 41.3 Å². The van der Waals surface area contributed by atoms with Crippen molar-refractivity contribution in [1.29, 1.82) is 0 Å². The minimum atomic E-state index is -0.177. The fraction of sp³-hybridized carbons (Fsp3) is 0.412. The molecule has 1 aromatic heterocycles. The van der Waals surface area contributed by atoms with Gasteiger partial charge in [0.2, 0.25) is 5.91 Å². The molecule has 1 aromatic carbocycles. The Morgan fingerprint density at radius 2 is 2.00 bits per heavy atom. The van der Waals surface area contributed by atoms with Crippen LogP contribution in [0.1, 0.15) is 30.1 Å². The normalized spacial score (nSPS) is 16.4. The van der Waals surface area contributed by atoms with E-state index in [-0.39, 0.29) is 23.1 Å². The fourth-order valence-electron chi connectivity index (χ4n) is 2.78. The number of benzene rings is 1. The van der Waals surface area contributed by atoms with E-state index < -0.39 is 0 Å². The molecule has 2 aromatic rings. The molecule has 1 aliphatic heterocycles. The molecule has 0 spiro atoms. The number of carbonyl (C=O) groups is 2. The Balaban J connectivity index is 1.46. The predicted molar refractivity (Wildman–Crippen MR) is 98.7 cm³/mol. The number of carbonyl (C=O) groups excluding carboxylic acids is 2. The molecule has 2 heterocycles. The highest BCUT2D eigenvalue weighted by Crippen LogP contribution is 2.26. The van der Waals surface area contributed by atoms with Crippen LogP contribution in [0.4, 0.5) is 0 Å². The molecule has 1 fully saturated rings. The van der Waals surface area contributed by atoms with Gasteiger partial charge in [0.25, 0.3) is 5.91 Å². The number of amides is 2. The lowest BCUT2D eigenvalue weighted by Gasteiger charge is -2.33. The molecule has 1 aliphatic rings. The standard InChI is InChI=1S/C17H20N4O2S2/c1-12(25-17-20-18-11-24-17)16(23)21-9-7-14(8-10-21)19-15(22)13-5-3-2-4-6-13/h2-6,11-12,14H,7-10H2,1H3,(H,19,22)/t12-/m1/s1. The van der Waals surface area contributed by atoms with Crippen molar-refractivity contribution in [2.24, 2.45) is 0 Å². The molecule has 0 aliphatic carbocycles. The molecule has 1 N–H and O–H groups in total. The molecule has 25 heavy (non-hydrogen) atoms. The number of rotatable bonds is 5. The van der Waals surface area contributed by atoms with Crippen LogP contribution in [0.3, 0.4) is 0 Å². The maximum atomic E-state index is 12.5. The van der Waals surface area contributed by atoms with Gasteiger partial charge in [0.1, 0.15) is 5.51 Å². The van der Waals surface area contributed by atoms with Gasteiger partial charge in [-0.2, -0.15) is 0 Å². The third-order valence-corrected chi connectivity index (χ3v) is 6.04. The van der Waals surface area contributed by atoms with Crippen molar-refractivity contribution in [3.63, 3.8) is 0 Å². The number of nitrogens with one attached hydrogen (secondary N) is 1. The van der Waals surface area contributed by atoms with Crippen molar-refractivity contribution >= 4 is 34.9 Å². The maximum Gasteiger partial charge on any atom is 0.251 e. The van der Waals surface area contributed by atoms with Crippen LogP contribution in [0.15, 0.2) is 40.2 Å². The van der Waals surface area contributed by atoms with Crippen LogP contribution in [0.2, 0.25) is 0 Å². The molecule has 0 bridgehead atoms. The van der Waals surface area contributed by atoms with E-state index in [2.05, 4.69) is 15.5 Å². The lowest BCUT2D eigenvalue weighted by Crippen LogP contribution is -2.48. The number of piperidine rings is 1. The number of hydrogen-bond donors (Lipinski definition) is 1. The van der Waals surface area contributed by atoms with Crippen LogP contribution in [0.25, 0.3) is 0 Å². The first-order valence-corrected chi connectivity index (χ1v) is 9.97. The maximum absolute atomic E-state index is 12.5. The zero-order chi connectivity index (χ0) is 17.6. The Kier molecular flexibility index (Phi) is 6.04. The van der Waals surface area contributed by atoms with E-state index in [1.807, 2.05) is 30.0 Å². The second-order valence-electron chi connectivity index (χ2n) is 5.90. The highest BCUT2D eigenvalue weighted by Gasteiger charge is 2.27. The summed E-state index contributed by atoms with van der Waals surface area (Å²) in [6.45, 7) is 3.23. The number of thioether (sulfide) groups is 1. The summed E-state index contributed by atoms with van der Waals surface area (Å²) in [5.74, 6) is 0.0682. The lowest BCUT2D eigenvalue weighted by atomic mass is 10.0. The minimum Gasteiger partial charge on any atom is -0.349 e. The van der Waals surface area contributed by atoms with Crippen LogP contribution >= 0.6 is 23.1 Å². The van der Waals surface area contributed by atoms with Crippen molar-refractivity contribution < 1.29 is 9.59 Å². The van der Waals surface area contributed by atoms with E-state index in [1.54, 1.807) is 17.6 Å². The average Bonchev–Trinajstić information content (AvgIpc) is 3.15. The Morgan fingerprint density at radius 1 is 1.28 bits per heavy atom. The molecule has 2 amide bonds. The average molecular weight is 377 g/mol. The quantitative estimate of drug-likeness (QED) is 0.811. The molecule has 3 rings (SSSR count). The smallest absolute Gasteiger partial charge is 0.251 e. The molecule has 1 saturated heterocycles. The molecular weight excluding hydrogens is 356 g/mol. The summed E-state index contributed by atoms with van der Waals surface area (Å²) in [5.41, 5.74) is 2.34. The monoisotopic (exact) mass is 376 g/mol. The van der Waals surface area contributed by atoms with E-state index >= 15 is 0 Å². The largest absolute Gasteiger partial charge is 0.349 e. The fourth-order valence-corrected chi connectivity index (χ4v) is 4.49. The number of likely N-dealkylation sites (tertiary alicyclic amines) is 1. The lowest BCUT2D eigenvalue weighted by molar-refractivity contribution is -0.131. The molecule has 8 heteroatoms. The minimum absolute atomic E-state index is 0.0504. The van der Waals surface area contributed by atoms with Gasteiger partial charge in [0.15, 0.2) is 4.34 Å². The van der Waals surface area contributed by atoms with Crippen LogP contribution in [-0.4, -0.2) is 51.3 Å². The number of hydrogen-bond acceptors (Lipinski definition) is 6. The van der Waals surface area contributed by atoms with Crippen LogP contribution < -0.4 is 5.32 Å². The van der Waals surface area contributed by atoms with Crippen molar-refractivity contribution in [1.82, 2.24) is 20.4 Å². The predicted octanol–water partition coefficient (Wildman–Crippen LogP) is 2.44. The van der Waals surface area contributed by atoms with E-state index in [4.69, 9.17) is 0 Å². The SMILES string of the molecule is C[C@@H](Sc1nncs1)C(=O)N1CCC(NC(=O)c2ccccc2)CC1. The summed E-state index contributed by atoms with van der Waals surface area (Å²) in [6.07, 6.45) is 1.56. The summed E-state index contributed by atoms with van der Waals surface area (Å²) in [6, 6.07) is 9.33. The van der Waals surface area contributed by atoms with Gasteiger partial charge < -0.3 is 10.2 Å². The Morgan fingerprint density at radius 3 is 2.64 bits per heavy atom.